The Bertz CT molecular complexity index is 928. The van der Waals surface area contributed by atoms with Crippen molar-refractivity contribution in [1.82, 2.24) is 9.97 Å². The molecule has 1 fully saturated rings. The minimum atomic E-state index is 0.222. The van der Waals surface area contributed by atoms with Crippen LogP contribution >= 0.6 is 11.6 Å². The highest BCUT2D eigenvalue weighted by Crippen LogP contribution is 2.32. The van der Waals surface area contributed by atoms with Gasteiger partial charge in [-0.05, 0) is 30.3 Å². The van der Waals surface area contributed by atoms with Crippen molar-refractivity contribution >= 4 is 28.2 Å². The van der Waals surface area contributed by atoms with Crippen LogP contribution in [0.4, 0.5) is 5.69 Å². The smallest absolute Gasteiger partial charge is 0.188 e. The van der Waals surface area contributed by atoms with Crippen molar-refractivity contribution in [3.05, 3.63) is 47.7 Å². The number of hydrogen-bond acceptors (Lipinski definition) is 6. The summed E-state index contributed by atoms with van der Waals surface area (Å²) >= 11 is 6.11. The Labute approximate surface area is 162 Å². The number of fused-ring (bicyclic) bond motifs is 1. The van der Waals surface area contributed by atoms with Gasteiger partial charge in [0.15, 0.2) is 6.79 Å². The minimum Gasteiger partial charge on any atom is -0.468 e. The second kappa shape index (κ2) is 8.08. The maximum Gasteiger partial charge on any atom is 0.188 e. The topological polar surface area (TPSA) is 56.7 Å². The Morgan fingerprint density at radius 1 is 1.15 bits per heavy atom. The van der Waals surface area contributed by atoms with Gasteiger partial charge in [-0.15, -0.1) is 0 Å². The van der Waals surface area contributed by atoms with Gasteiger partial charge in [-0.1, -0.05) is 11.6 Å². The summed E-state index contributed by atoms with van der Waals surface area (Å²) in [5.41, 5.74) is 3.81. The second-order valence-corrected chi connectivity index (χ2v) is 6.61. The Balaban J connectivity index is 1.76. The largest absolute Gasteiger partial charge is 0.468 e. The molecule has 0 N–H and O–H groups in total. The van der Waals surface area contributed by atoms with Gasteiger partial charge in [-0.3, -0.25) is 0 Å². The van der Waals surface area contributed by atoms with Crippen molar-refractivity contribution in [2.24, 2.45) is 0 Å². The molecule has 4 rings (SSSR count). The van der Waals surface area contributed by atoms with Crippen LogP contribution in [0.25, 0.3) is 22.2 Å². The first-order valence-corrected chi connectivity index (χ1v) is 9.13. The highest BCUT2D eigenvalue weighted by Gasteiger charge is 2.17. The Morgan fingerprint density at radius 3 is 2.67 bits per heavy atom. The van der Waals surface area contributed by atoms with Gasteiger partial charge in [0.25, 0.3) is 0 Å². The van der Waals surface area contributed by atoms with E-state index >= 15 is 0 Å². The summed E-state index contributed by atoms with van der Waals surface area (Å²) in [5, 5.41) is 1.42. The van der Waals surface area contributed by atoms with Gasteiger partial charge in [0, 0.05) is 43.4 Å². The third-order valence-electron chi connectivity index (χ3n) is 4.48. The molecule has 3 heterocycles. The molecule has 7 heteroatoms. The maximum atomic E-state index is 6.11. The number of anilines is 1. The van der Waals surface area contributed by atoms with Crippen LogP contribution in [0.2, 0.25) is 5.15 Å². The number of aromatic nitrogens is 2. The number of hydrogen-bond donors (Lipinski definition) is 0. The molecular weight excluding hydrogens is 366 g/mol. The number of halogens is 1. The first-order valence-electron chi connectivity index (χ1n) is 8.76. The molecule has 1 aliphatic heterocycles. The lowest BCUT2D eigenvalue weighted by atomic mass is 10.1. The summed E-state index contributed by atoms with van der Waals surface area (Å²) in [7, 11) is 1.60. The standard InChI is InChI=1S/C20H20ClN3O3/c1-25-13-27-15-4-2-14(3-5-15)17-10-19(24-6-8-26-9-7-24)16-12-22-20(21)11-18(16)23-17/h2-5,10-12H,6-9,13H2,1H3. The van der Waals surface area contributed by atoms with Crippen molar-refractivity contribution < 1.29 is 14.2 Å². The molecule has 2 aromatic heterocycles. The van der Waals surface area contributed by atoms with Gasteiger partial charge < -0.3 is 19.1 Å². The van der Waals surface area contributed by atoms with E-state index in [1.54, 1.807) is 19.4 Å². The van der Waals surface area contributed by atoms with E-state index < -0.39 is 0 Å². The van der Waals surface area contributed by atoms with E-state index in [0.29, 0.717) is 18.4 Å². The predicted molar refractivity (Wildman–Crippen MR) is 106 cm³/mol. The lowest BCUT2D eigenvalue weighted by Crippen LogP contribution is -2.36. The lowest BCUT2D eigenvalue weighted by Gasteiger charge is -2.30. The van der Waals surface area contributed by atoms with E-state index in [2.05, 4.69) is 16.0 Å². The van der Waals surface area contributed by atoms with Crippen LogP contribution in [0.5, 0.6) is 5.75 Å². The molecular formula is C20H20ClN3O3. The Kier molecular flexibility index (Phi) is 5.38. The fourth-order valence-corrected chi connectivity index (χ4v) is 3.29. The molecule has 0 saturated carbocycles. The molecule has 140 valence electrons. The van der Waals surface area contributed by atoms with Crippen molar-refractivity contribution in [3.63, 3.8) is 0 Å². The van der Waals surface area contributed by atoms with Crippen molar-refractivity contribution in [2.75, 3.05) is 45.1 Å². The fraction of sp³-hybridized carbons (Fsp3) is 0.300. The number of nitrogens with zero attached hydrogens (tertiary/aromatic N) is 3. The number of rotatable bonds is 5. The molecule has 27 heavy (non-hydrogen) atoms. The van der Waals surface area contributed by atoms with E-state index in [0.717, 1.165) is 46.7 Å². The quantitative estimate of drug-likeness (QED) is 0.492. The van der Waals surface area contributed by atoms with Crippen LogP contribution in [0, 0.1) is 0 Å². The molecule has 6 nitrogen and oxygen atoms in total. The van der Waals surface area contributed by atoms with Gasteiger partial charge in [0.2, 0.25) is 0 Å². The van der Waals surface area contributed by atoms with Crippen LogP contribution in [0.15, 0.2) is 42.6 Å². The molecule has 3 aromatic rings. The molecule has 1 saturated heterocycles. The van der Waals surface area contributed by atoms with Crippen LogP contribution < -0.4 is 9.64 Å². The molecule has 0 radical (unpaired) electrons. The monoisotopic (exact) mass is 385 g/mol. The van der Waals surface area contributed by atoms with Crippen molar-refractivity contribution in [2.45, 2.75) is 0 Å². The SMILES string of the molecule is COCOc1ccc(-c2cc(N3CCOCC3)c3cnc(Cl)cc3n2)cc1. The van der Waals surface area contributed by atoms with Gasteiger partial charge >= 0.3 is 0 Å². The number of pyridine rings is 2. The maximum absolute atomic E-state index is 6.11. The third-order valence-corrected chi connectivity index (χ3v) is 4.69. The third kappa shape index (κ3) is 3.98. The lowest BCUT2D eigenvalue weighted by molar-refractivity contribution is 0.0511. The van der Waals surface area contributed by atoms with E-state index in [1.807, 2.05) is 24.3 Å². The zero-order valence-corrected chi connectivity index (χ0v) is 15.8. The molecule has 0 amide bonds. The van der Waals surface area contributed by atoms with Crippen LogP contribution in [0.1, 0.15) is 0 Å². The van der Waals surface area contributed by atoms with Gasteiger partial charge in [-0.2, -0.15) is 0 Å². The van der Waals surface area contributed by atoms with Crippen molar-refractivity contribution in [3.8, 4) is 17.0 Å². The Hall–Kier alpha value is -2.41. The normalized spacial score (nSPS) is 14.5. The van der Waals surface area contributed by atoms with Gasteiger partial charge in [0.1, 0.15) is 10.9 Å². The molecule has 0 unspecified atom stereocenters. The summed E-state index contributed by atoms with van der Waals surface area (Å²) in [4.78, 5) is 11.4. The van der Waals surface area contributed by atoms with Gasteiger partial charge in [-0.25, -0.2) is 9.97 Å². The molecule has 1 aliphatic rings. The molecule has 1 aromatic carbocycles. The zero-order chi connectivity index (χ0) is 18.6. The second-order valence-electron chi connectivity index (χ2n) is 6.23. The first kappa shape index (κ1) is 18.0. The van der Waals surface area contributed by atoms with Crippen molar-refractivity contribution in [1.29, 1.82) is 0 Å². The minimum absolute atomic E-state index is 0.222. The number of benzene rings is 1. The molecule has 0 aliphatic carbocycles. The summed E-state index contributed by atoms with van der Waals surface area (Å²) in [5.74, 6) is 0.752. The molecule has 0 bridgehead atoms. The Morgan fingerprint density at radius 2 is 1.93 bits per heavy atom. The van der Waals surface area contributed by atoms with Crippen LogP contribution in [-0.2, 0) is 9.47 Å². The summed E-state index contributed by atoms with van der Waals surface area (Å²) in [6.07, 6.45) is 1.79. The predicted octanol–water partition coefficient (Wildman–Crippen LogP) is 3.77. The molecule has 0 spiro atoms. The highest BCUT2D eigenvalue weighted by atomic mass is 35.5. The average molecular weight is 386 g/mol. The highest BCUT2D eigenvalue weighted by molar-refractivity contribution is 6.30. The molecule has 0 atom stereocenters. The zero-order valence-electron chi connectivity index (χ0n) is 15.0. The van der Waals surface area contributed by atoms with E-state index in [9.17, 15) is 0 Å². The van der Waals surface area contributed by atoms with Crippen LogP contribution in [-0.4, -0.2) is 50.2 Å². The summed E-state index contributed by atoms with van der Waals surface area (Å²) in [6.45, 7) is 3.33. The number of ether oxygens (including phenoxy) is 3. The van der Waals surface area contributed by atoms with E-state index in [4.69, 9.17) is 30.8 Å². The summed E-state index contributed by atoms with van der Waals surface area (Å²) < 4.78 is 15.9. The number of methoxy groups -OCH3 is 1. The fourth-order valence-electron chi connectivity index (χ4n) is 3.14. The van der Waals surface area contributed by atoms with E-state index in [1.165, 1.54) is 0 Å². The summed E-state index contributed by atoms with van der Waals surface area (Å²) in [6, 6.07) is 11.7. The first-order chi connectivity index (χ1) is 13.2. The average Bonchev–Trinajstić information content (AvgIpc) is 2.72. The van der Waals surface area contributed by atoms with Gasteiger partial charge in [0.05, 0.1) is 30.1 Å². The van der Waals surface area contributed by atoms with E-state index in [-0.39, 0.29) is 6.79 Å². The van der Waals surface area contributed by atoms with Crippen LogP contribution in [0.3, 0.4) is 0 Å². The number of morpholine rings is 1.